The first-order chi connectivity index (χ1) is 10.6. The molecule has 0 aliphatic carbocycles. The average Bonchev–Trinajstić information content (AvgIpc) is 3.08. The lowest BCUT2D eigenvalue weighted by molar-refractivity contribution is 0.0950. The topological polar surface area (TPSA) is 73.0 Å². The summed E-state index contributed by atoms with van der Waals surface area (Å²) in [5.41, 5.74) is 1.23. The fraction of sp³-hybridized carbons (Fsp3) is 0.312. The Bertz CT molecular complexity index is 817. The minimum Gasteiger partial charge on any atom is -0.463 e. The van der Waals surface area contributed by atoms with Gasteiger partial charge in [0.15, 0.2) is 5.82 Å². The van der Waals surface area contributed by atoms with Crippen molar-refractivity contribution in [2.75, 3.05) is 0 Å². The molecule has 0 atom stereocenters. The summed E-state index contributed by atoms with van der Waals surface area (Å²) in [4.78, 5) is 12.3. The fourth-order valence-corrected chi connectivity index (χ4v) is 2.44. The predicted molar refractivity (Wildman–Crippen MR) is 82.5 cm³/mol. The maximum atomic E-state index is 12.3. The van der Waals surface area contributed by atoms with E-state index < -0.39 is 0 Å². The monoisotopic (exact) mass is 298 g/mol. The van der Waals surface area contributed by atoms with E-state index in [0.717, 1.165) is 17.0 Å². The Morgan fingerprint density at radius 3 is 2.82 bits per heavy atom. The molecule has 2 aromatic heterocycles. The Morgan fingerprint density at radius 2 is 2.09 bits per heavy atom. The number of amides is 1. The molecular weight excluding hydrogens is 280 g/mol. The highest BCUT2D eigenvalue weighted by Crippen LogP contribution is 2.20. The third-order valence-corrected chi connectivity index (χ3v) is 3.65. The van der Waals surface area contributed by atoms with Crippen molar-refractivity contribution < 1.29 is 9.21 Å². The Balaban J connectivity index is 1.75. The zero-order valence-corrected chi connectivity index (χ0v) is 12.8. The van der Waals surface area contributed by atoms with E-state index >= 15 is 0 Å². The molecule has 0 fully saturated rings. The van der Waals surface area contributed by atoms with Crippen LogP contribution >= 0.6 is 0 Å². The lowest BCUT2D eigenvalue weighted by atomic mass is 10.1. The summed E-state index contributed by atoms with van der Waals surface area (Å²) in [6.45, 7) is 4.45. The average molecular weight is 298 g/mol. The Morgan fingerprint density at radius 1 is 1.32 bits per heavy atom. The van der Waals surface area contributed by atoms with Crippen LogP contribution in [-0.4, -0.2) is 20.7 Å². The van der Waals surface area contributed by atoms with Crippen molar-refractivity contribution in [3.05, 3.63) is 47.7 Å². The predicted octanol–water partition coefficient (Wildman–Crippen LogP) is 2.61. The summed E-state index contributed by atoms with van der Waals surface area (Å²) in [5, 5.41) is 11.9. The second-order valence-corrected chi connectivity index (χ2v) is 5.52. The number of nitrogens with one attached hydrogen (secondary N) is 1. The lowest BCUT2D eigenvalue weighted by Crippen LogP contribution is -2.24. The van der Waals surface area contributed by atoms with E-state index in [-0.39, 0.29) is 5.91 Å². The van der Waals surface area contributed by atoms with Crippen LogP contribution in [0.1, 0.15) is 41.8 Å². The highest BCUT2D eigenvalue weighted by Gasteiger charge is 2.15. The van der Waals surface area contributed by atoms with Crippen molar-refractivity contribution >= 4 is 16.9 Å². The van der Waals surface area contributed by atoms with Crippen molar-refractivity contribution in [2.45, 2.75) is 26.3 Å². The first kappa shape index (κ1) is 14.3. The number of carbonyl (C=O) groups is 1. The minimum absolute atomic E-state index is 0.181. The van der Waals surface area contributed by atoms with Gasteiger partial charge in [0.05, 0.1) is 12.1 Å². The first-order valence-corrected chi connectivity index (χ1v) is 7.20. The van der Waals surface area contributed by atoms with Gasteiger partial charge in [0.1, 0.15) is 17.7 Å². The van der Waals surface area contributed by atoms with E-state index in [4.69, 9.17) is 4.42 Å². The third-order valence-electron chi connectivity index (χ3n) is 3.65. The molecule has 0 radical (unpaired) electrons. The molecule has 1 amide bonds. The van der Waals surface area contributed by atoms with E-state index in [1.54, 1.807) is 0 Å². The summed E-state index contributed by atoms with van der Waals surface area (Å²) < 4.78 is 7.30. The van der Waals surface area contributed by atoms with Crippen LogP contribution in [0.15, 0.2) is 34.9 Å². The van der Waals surface area contributed by atoms with Gasteiger partial charge in [-0.1, -0.05) is 32.0 Å². The molecule has 1 aromatic carbocycles. The van der Waals surface area contributed by atoms with E-state index in [1.807, 2.05) is 35.9 Å². The molecule has 0 saturated carbocycles. The van der Waals surface area contributed by atoms with Gasteiger partial charge in [0.2, 0.25) is 0 Å². The van der Waals surface area contributed by atoms with Gasteiger partial charge in [-0.15, -0.1) is 10.2 Å². The van der Waals surface area contributed by atoms with Crippen LogP contribution in [0.5, 0.6) is 0 Å². The number of carbonyl (C=O) groups excluding carboxylic acids is 1. The molecule has 22 heavy (non-hydrogen) atoms. The number of hydrogen-bond donors (Lipinski definition) is 1. The standard InChI is InChI=1S/C16H18N4O2/c1-10(2)15-19-18-14(20(15)3)8-17-16(21)12-9-22-13-7-5-4-6-11(12)13/h4-7,9-10H,8H2,1-3H3,(H,17,21). The van der Waals surface area contributed by atoms with Gasteiger partial charge in [-0.05, 0) is 6.07 Å². The van der Waals surface area contributed by atoms with Crippen molar-refractivity contribution in [2.24, 2.45) is 7.05 Å². The molecule has 0 spiro atoms. The largest absolute Gasteiger partial charge is 0.463 e. The summed E-state index contributed by atoms with van der Waals surface area (Å²) in [5.74, 6) is 1.74. The van der Waals surface area contributed by atoms with Crippen LogP contribution in [0.25, 0.3) is 11.0 Å². The molecule has 0 bridgehead atoms. The number of rotatable bonds is 4. The van der Waals surface area contributed by atoms with Crippen LogP contribution in [0, 0.1) is 0 Å². The molecule has 0 saturated heterocycles. The minimum atomic E-state index is -0.181. The van der Waals surface area contributed by atoms with E-state index in [1.165, 1.54) is 6.26 Å². The van der Waals surface area contributed by atoms with Gasteiger partial charge in [-0.2, -0.15) is 0 Å². The molecular formula is C16H18N4O2. The fourth-order valence-electron chi connectivity index (χ4n) is 2.44. The number of hydrogen-bond acceptors (Lipinski definition) is 4. The lowest BCUT2D eigenvalue weighted by Gasteiger charge is -2.07. The van der Waals surface area contributed by atoms with Gasteiger partial charge in [-0.3, -0.25) is 4.79 Å². The van der Waals surface area contributed by atoms with Crippen molar-refractivity contribution in [3.63, 3.8) is 0 Å². The Hall–Kier alpha value is -2.63. The SMILES string of the molecule is CC(C)c1nnc(CNC(=O)c2coc3ccccc23)n1C. The highest BCUT2D eigenvalue weighted by molar-refractivity contribution is 6.05. The van der Waals surface area contributed by atoms with Crippen LogP contribution in [0.3, 0.4) is 0 Å². The van der Waals surface area contributed by atoms with Crippen molar-refractivity contribution in [1.82, 2.24) is 20.1 Å². The van der Waals surface area contributed by atoms with Gasteiger partial charge in [-0.25, -0.2) is 0 Å². The molecule has 0 unspecified atom stereocenters. The number of fused-ring (bicyclic) bond motifs is 1. The summed E-state index contributed by atoms with van der Waals surface area (Å²) >= 11 is 0. The van der Waals surface area contributed by atoms with Gasteiger partial charge >= 0.3 is 0 Å². The Labute approximate surface area is 128 Å². The molecule has 3 rings (SSSR count). The zero-order valence-electron chi connectivity index (χ0n) is 12.8. The van der Waals surface area contributed by atoms with Crippen LogP contribution in [0.4, 0.5) is 0 Å². The summed E-state index contributed by atoms with van der Waals surface area (Å²) in [6.07, 6.45) is 1.48. The molecule has 2 heterocycles. The molecule has 0 aliphatic heterocycles. The molecule has 6 nitrogen and oxygen atoms in total. The molecule has 114 valence electrons. The maximum Gasteiger partial charge on any atom is 0.255 e. The smallest absolute Gasteiger partial charge is 0.255 e. The van der Waals surface area contributed by atoms with E-state index in [0.29, 0.717) is 23.6 Å². The van der Waals surface area contributed by atoms with Crippen LogP contribution in [0.2, 0.25) is 0 Å². The van der Waals surface area contributed by atoms with Crippen LogP contribution in [-0.2, 0) is 13.6 Å². The van der Waals surface area contributed by atoms with E-state index in [2.05, 4.69) is 29.4 Å². The number of aromatic nitrogens is 3. The summed E-state index contributed by atoms with van der Waals surface area (Å²) in [6, 6.07) is 7.46. The van der Waals surface area contributed by atoms with Gasteiger partial charge in [0, 0.05) is 18.4 Å². The number of nitrogens with zero attached hydrogens (tertiary/aromatic N) is 3. The van der Waals surface area contributed by atoms with Gasteiger partial charge < -0.3 is 14.3 Å². The third kappa shape index (κ3) is 2.47. The second-order valence-electron chi connectivity index (χ2n) is 5.52. The van der Waals surface area contributed by atoms with Crippen LogP contribution < -0.4 is 5.32 Å². The first-order valence-electron chi connectivity index (χ1n) is 7.20. The molecule has 3 aromatic rings. The Kier molecular flexibility index (Phi) is 3.66. The number of furan rings is 1. The number of benzene rings is 1. The van der Waals surface area contributed by atoms with Crippen molar-refractivity contribution in [3.8, 4) is 0 Å². The zero-order chi connectivity index (χ0) is 15.7. The van der Waals surface area contributed by atoms with Gasteiger partial charge in [0.25, 0.3) is 5.91 Å². The summed E-state index contributed by atoms with van der Waals surface area (Å²) in [7, 11) is 1.91. The quantitative estimate of drug-likeness (QED) is 0.803. The molecule has 6 heteroatoms. The van der Waals surface area contributed by atoms with E-state index in [9.17, 15) is 4.79 Å². The maximum absolute atomic E-state index is 12.3. The normalized spacial score (nSPS) is 11.3. The molecule has 1 N–H and O–H groups in total. The van der Waals surface area contributed by atoms with Crippen molar-refractivity contribution in [1.29, 1.82) is 0 Å². The molecule has 0 aliphatic rings. The highest BCUT2D eigenvalue weighted by atomic mass is 16.3. The second kappa shape index (κ2) is 5.63. The number of para-hydroxylation sites is 1.